The number of anilines is 1. The van der Waals surface area contributed by atoms with Gasteiger partial charge in [-0.15, -0.1) is 0 Å². The number of nitrogens with zero attached hydrogens (tertiary/aromatic N) is 1. The van der Waals surface area contributed by atoms with Crippen LogP contribution in [0.4, 0.5) is 10.1 Å². The van der Waals surface area contributed by atoms with Crippen LogP contribution in [0.25, 0.3) is 0 Å². The maximum atomic E-state index is 13.0. The molecule has 0 saturated heterocycles. The first kappa shape index (κ1) is 15.3. The highest BCUT2D eigenvalue weighted by atomic mass is 19.1. The molecule has 1 fully saturated rings. The molecular formula is C15H21FN4O. The molecule has 5 nitrogen and oxygen atoms in total. The number of guanidine groups is 1. The minimum absolute atomic E-state index is 0.0862. The molecule has 1 amide bonds. The number of carbonyl (C=O) groups excluding carboxylic acids is 1. The Balaban J connectivity index is 1.76. The van der Waals surface area contributed by atoms with Crippen molar-refractivity contribution in [1.29, 1.82) is 0 Å². The van der Waals surface area contributed by atoms with E-state index in [1.54, 1.807) is 19.2 Å². The van der Waals surface area contributed by atoms with E-state index in [1.165, 1.54) is 25.0 Å². The number of benzene rings is 1. The highest BCUT2D eigenvalue weighted by Gasteiger charge is 2.16. The van der Waals surface area contributed by atoms with E-state index in [1.807, 2.05) is 0 Å². The Morgan fingerprint density at radius 3 is 2.81 bits per heavy atom. The van der Waals surface area contributed by atoms with Crippen LogP contribution in [0.1, 0.15) is 25.7 Å². The van der Waals surface area contributed by atoms with Gasteiger partial charge < -0.3 is 16.0 Å². The molecule has 21 heavy (non-hydrogen) atoms. The summed E-state index contributed by atoms with van der Waals surface area (Å²) in [5, 5.41) is 8.89. The Hall–Kier alpha value is -2.11. The van der Waals surface area contributed by atoms with Crippen molar-refractivity contribution >= 4 is 17.6 Å². The predicted molar refractivity (Wildman–Crippen MR) is 81.8 cm³/mol. The van der Waals surface area contributed by atoms with Crippen LogP contribution in [-0.4, -0.2) is 31.5 Å². The van der Waals surface area contributed by atoms with Crippen molar-refractivity contribution in [3.8, 4) is 0 Å². The standard InChI is InChI=1S/C15H21FN4O/c1-17-15(20-12-6-2-3-7-12)18-10-14(21)19-13-8-4-5-11(16)9-13/h4-5,8-9,12H,2-3,6-7,10H2,1H3,(H,19,21)(H2,17,18,20). The van der Waals surface area contributed by atoms with Crippen molar-refractivity contribution in [2.45, 2.75) is 31.7 Å². The summed E-state index contributed by atoms with van der Waals surface area (Å²) in [5.74, 6) is 0.00531. The van der Waals surface area contributed by atoms with Gasteiger partial charge >= 0.3 is 0 Å². The van der Waals surface area contributed by atoms with Gasteiger partial charge in [-0.25, -0.2) is 4.39 Å². The average Bonchev–Trinajstić information content (AvgIpc) is 2.96. The maximum absolute atomic E-state index is 13.0. The fourth-order valence-electron chi connectivity index (χ4n) is 2.39. The van der Waals surface area contributed by atoms with E-state index in [4.69, 9.17) is 0 Å². The Morgan fingerprint density at radius 1 is 1.38 bits per heavy atom. The number of rotatable bonds is 4. The summed E-state index contributed by atoms with van der Waals surface area (Å²) in [7, 11) is 1.68. The van der Waals surface area contributed by atoms with Gasteiger partial charge in [-0.2, -0.15) is 0 Å². The van der Waals surface area contributed by atoms with Crippen molar-refractivity contribution in [3.05, 3.63) is 30.1 Å². The van der Waals surface area contributed by atoms with Crippen LogP contribution in [0.15, 0.2) is 29.3 Å². The van der Waals surface area contributed by atoms with Crippen molar-refractivity contribution in [2.75, 3.05) is 18.9 Å². The molecule has 3 N–H and O–H groups in total. The molecule has 1 aromatic carbocycles. The van der Waals surface area contributed by atoms with Crippen molar-refractivity contribution in [1.82, 2.24) is 10.6 Å². The Morgan fingerprint density at radius 2 is 2.14 bits per heavy atom. The molecule has 1 aliphatic rings. The normalized spacial score (nSPS) is 15.8. The van der Waals surface area contributed by atoms with Crippen LogP contribution in [0.5, 0.6) is 0 Å². The predicted octanol–water partition coefficient (Wildman–Crippen LogP) is 1.87. The molecule has 0 bridgehead atoms. The van der Waals surface area contributed by atoms with Gasteiger partial charge in [0.05, 0.1) is 6.54 Å². The zero-order chi connectivity index (χ0) is 15.1. The smallest absolute Gasteiger partial charge is 0.243 e. The first-order valence-corrected chi connectivity index (χ1v) is 7.20. The Bertz CT molecular complexity index is 512. The number of hydrogen-bond donors (Lipinski definition) is 3. The fraction of sp³-hybridized carbons (Fsp3) is 0.467. The highest BCUT2D eigenvalue weighted by Crippen LogP contribution is 2.17. The van der Waals surface area contributed by atoms with E-state index in [0.29, 0.717) is 17.7 Å². The second-order valence-electron chi connectivity index (χ2n) is 5.11. The van der Waals surface area contributed by atoms with E-state index in [-0.39, 0.29) is 18.3 Å². The third-order valence-electron chi connectivity index (χ3n) is 3.44. The molecule has 0 aliphatic heterocycles. The van der Waals surface area contributed by atoms with Gasteiger partial charge in [-0.05, 0) is 31.0 Å². The van der Waals surface area contributed by atoms with Crippen LogP contribution < -0.4 is 16.0 Å². The number of carbonyl (C=O) groups is 1. The van der Waals surface area contributed by atoms with Crippen LogP contribution in [0.3, 0.4) is 0 Å². The van der Waals surface area contributed by atoms with Crippen molar-refractivity contribution in [2.24, 2.45) is 4.99 Å². The molecule has 1 aromatic rings. The average molecular weight is 292 g/mol. The molecule has 0 unspecified atom stereocenters. The monoisotopic (exact) mass is 292 g/mol. The molecule has 0 atom stereocenters. The molecule has 0 aromatic heterocycles. The molecule has 114 valence electrons. The molecule has 0 radical (unpaired) electrons. The molecular weight excluding hydrogens is 271 g/mol. The third-order valence-corrected chi connectivity index (χ3v) is 3.44. The number of hydrogen-bond acceptors (Lipinski definition) is 2. The van der Waals surface area contributed by atoms with Gasteiger partial charge in [0.25, 0.3) is 0 Å². The van der Waals surface area contributed by atoms with Gasteiger partial charge in [0.2, 0.25) is 5.91 Å². The largest absolute Gasteiger partial charge is 0.354 e. The van der Waals surface area contributed by atoms with E-state index in [9.17, 15) is 9.18 Å². The topological polar surface area (TPSA) is 65.5 Å². The van der Waals surface area contributed by atoms with E-state index >= 15 is 0 Å². The molecule has 2 rings (SSSR count). The molecule has 1 aliphatic carbocycles. The lowest BCUT2D eigenvalue weighted by atomic mass is 10.2. The summed E-state index contributed by atoms with van der Waals surface area (Å²) >= 11 is 0. The zero-order valence-electron chi connectivity index (χ0n) is 12.2. The number of aliphatic imine (C=N–C) groups is 1. The van der Waals surface area contributed by atoms with Gasteiger partial charge in [0.15, 0.2) is 5.96 Å². The van der Waals surface area contributed by atoms with Gasteiger partial charge in [0, 0.05) is 18.8 Å². The summed E-state index contributed by atoms with van der Waals surface area (Å²) in [5.41, 5.74) is 0.445. The minimum Gasteiger partial charge on any atom is -0.354 e. The summed E-state index contributed by atoms with van der Waals surface area (Å²) < 4.78 is 13.0. The lowest BCUT2D eigenvalue weighted by molar-refractivity contribution is -0.115. The molecule has 0 heterocycles. The van der Waals surface area contributed by atoms with Gasteiger partial charge in [0.1, 0.15) is 5.82 Å². The minimum atomic E-state index is -0.375. The highest BCUT2D eigenvalue weighted by molar-refractivity contribution is 5.95. The fourth-order valence-corrected chi connectivity index (χ4v) is 2.39. The van der Waals surface area contributed by atoms with Gasteiger partial charge in [-0.3, -0.25) is 9.79 Å². The second-order valence-corrected chi connectivity index (χ2v) is 5.11. The maximum Gasteiger partial charge on any atom is 0.243 e. The summed E-state index contributed by atoms with van der Waals surface area (Å²) in [6.45, 7) is 0.0862. The van der Waals surface area contributed by atoms with Crippen molar-refractivity contribution in [3.63, 3.8) is 0 Å². The lowest BCUT2D eigenvalue weighted by Crippen LogP contribution is -2.45. The Labute approximate surface area is 124 Å². The van der Waals surface area contributed by atoms with Crippen LogP contribution in [0.2, 0.25) is 0 Å². The first-order valence-electron chi connectivity index (χ1n) is 7.20. The summed E-state index contributed by atoms with van der Waals surface area (Å²) in [6, 6.07) is 6.25. The summed E-state index contributed by atoms with van der Waals surface area (Å²) in [4.78, 5) is 15.9. The summed E-state index contributed by atoms with van der Waals surface area (Å²) in [6.07, 6.45) is 4.73. The molecule has 6 heteroatoms. The SMILES string of the molecule is CN=C(NCC(=O)Nc1cccc(F)c1)NC1CCCC1. The van der Waals surface area contributed by atoms with E-state index < -0.39 is 0 Å². The zero-order valence-corrected chi connectivity index (χ0v) is 12.2. The third kappa shape index (κ3) is 5.06. The Kier molecular flexibility index (Phi) is 5.54. The van der Waals surface area contributed by atoms with Crippen LogP contribution in [-0.2, 0) is 4.79 Å². The number of amides is 1. The quantitative estimate of drug-likeness (QED) is 0.586. The van der Waals surface area contributed by atoms with E-state index in [0.717, 1.165) is 12.8 Å². The number of halogens is 1. The molecule has 1 saturated carbocycles. The van der Waals surface area contributed by atoms with Crippen molar-refractivity contribution < 1.29 is 9.18 Å². The molecule has 0 spiro atoms. The first-order chi connectivity index (χ1) is 10.2. The van der Waals surface area contributed by atoms with Gasteiger partial charge in [-0.1, -0.05) is 18.9 Å². The second kappa shape index (κ2) is 7.61. The lowest BCUT2D eigenvalue weighted by Gasteiger charge is -2.16. The van der Waals surface area contributed by atoms with Crippen LogP contribution in [0, 0.1) is 5.82 Å². The van der Waals surface area contributed by atoms with Crippen LogP contribution >= 0.6 is 0 Å². The number of nitrogens with one attached hydrogen (secondary N) is 3. The van der Waals surface area contributed by atoms with E-state index in [2.05, 4.69) is 20.9 Å².